The van der Waals surface area contributed by atoms with E-state index in [1.807, 2.05) is 13.0 Å². The number of aliphatic hydroxyl groups excluding tert-OH is 1. The average Bonchev–Trinajstić information content (AvgIpc) is 2.50. The van der Waals surface area contributed by atoms with Gasteiger partial charge in [-0.05, 0) is 43.4 Å². The van der Waals surface area contributed by atoms with Crippen molar-refractivity contribution >= 4 is 13.5 Å². The molecule has 0 aliphatic carbocycles. The number of rotatable bonds is 10. The Hall–Kier alpha value is -1.40. The average molecular weight is 359 g/mol. The van der Waals surface area contributed by atoms with Gasteiger partial charge in [-0.1, -0.05) is 25.0 Å². The molecule has 1 rings (SSSR count). The molecule has 1 aromatic rings. The molecule has 1 amide bonds. The first kappa shape index (κ1) is 20.6. The maximum atomic E-state index is 11.7. The van der Waals surface area contributed by atoms with Crippen LogP contribution in [0.5, 0.6) is 5.75 Å². The minimum absolute atomic E-state index is 0.0540. The third-order valence-corrected chi connectivity index (χ3v) is 4.79. The van der Waals surface area contributed by atoms with E-state index in [1.165, 1.54) is 0 Å². The van der Waals surface area contributed by atoms with E-state index in [-0.39, 0.29) is 18.1 Å². The van der Waals surface area contributed by atoms with Crippen molar-refractivity contribution in [2.45, 2.75) is 51.3 Å². The third kappa shape index (κ3) is 7.93. The molecule has 0 radical (unpaired) electrons. The lowest BCUT2D eigenvalue weighted by Gasteiger charge is -2.11. The van der Waals surface area contributed by atoms with Crippen LogP contribution in [0.3, 0.4) is 0 Å². The Morgan fingerprint density at radius 2 is 1.96 bits per heavy atom. The van der Waals surface area contributed by atoms with E-state index in [0.29, 0.717) is 38.6 Å². The number of phenols is 1. The Morgan fingerprint density at radius 3 is 2.58 bits per heavy atom. The number of hydrogen-bond donors (Lipinski definition) is 5. The van der Waals surface area contributed by atoms with Gasteiger partial charge in [-0.15, -0.1) is 0 Å². The summed E-state index contributed by atoms with van der Waals surface area (Å²) in [6.07, 6.45) is 2.88. The Bertz CT molecular complexity index is 586. The molecule has 24 heavy (non-hydrogen) atoms. The van der Waals surface area contributed by atoms with Crippen molar-refractivity contribution in [3.8, 4) is 5.75 Å². The maximum absolute atomic E-state index is 11.7. The van der Waals surface area contributed by atoms with Gasteiger partial charge in [-0.25, -0.2) is 0 Å². The number of unbranched alkanes of at least 4 members (excludes halogenated alkanes) is 2. The predicted octanol–water partition coefficient (Wildman–Crippen LogP) is 1.81. The van der Waals surface area contributed by atoms with Gasteiger partial charge in [0.2, 0.25) is 5.91 Å². The van der Waals surface area contributed by atoms with Crippen molar-refractivity contribution < 1.29 is 29.4 Å². The van der Waals surface area contributed by atoms with Crippen molar-refractivity contribution in [1.29, 1.82) is 0 Å². The largest absolute Gasteiger partial charge is 0.508 e. The van der Waals surface area contributed by atoms with Gasteiger partial charge in [0.25, 0.3) is 0 Å². The Balaban J connectivity index is 2.12. The summed E-state index contributed by atoms with van der Waals surface area (Å²) in [5.41, 5.74) is 1.78. The van der Waals surface area contributed by atoms with Crippen LogP contribution in [0.15, 0.2) is 18.2 Å². The molecule has 8 heteroatoms. The number of aliphatic hydroxyl groups is 1. The smallest absolute Gasteiger partial charge is 0.353 e. The zero-order chi connectivity index (χ0) is 18.2. The molecule has 1 atom stereocenters. The number of hydrogen-bond acceptors (Lipinski definition) is 4. The van der Waals surface area contributed by atoms with Gasteiger partial charge in [0.15, 0.2) is 5.85 Å². The summed E-state index contributed by atoms with van der Waals surface area (Å²) < 4.78 is 10.7. The number of carbonyl (C=O) groups is 1. The van der Waals surface area contributed by atoms with Gasteiger partial charge in [0.1, 0.15) is 5.75 Å². The lowest BCUT2D eigenvalue weighted by molar-refractivity contribution is -0.121. The molecule has 0 saturated carbocycles. The lowest BCUT2D eigenvalue weighted by atomic mass is 10.1. The lowest BCUT2D eigenvalue weighted by Crippen LogP contribution is -2.24. The van der Waals surface area contributed by atoms with E-state index < -0.39 is 13.4 Å². The summed E-state index contributed by atoms with van der Waals surface area (Å²) in [6, 6.07) is 5.27. The number of benzene rings is 1. The fourth-order valence-electron chi connectivity index (χ4n) is 2.24. The van der Waals surface area contributed by atoms with Crippen LogP contribution >= 0.6 is 7.60 Å². The van der Waals surface area contributed by atoms with Crippen molar-refractivity contribution in [1.82, 2.24) is 5.32 Å². The Labute approximate surface area is 141 Å². The number of amides is 1. The van der Waals surface area contributed by atoms with Crippen LogP contribution in [-0.2, 0) is 15.8 Å². The number of nitrogens with one attached hydrogen (secondary N) is 1. The highest BCUT2D eigenvalue weighted by molar-refractivity contribution is 7.52. The summed E-state index contributed by atoms with van der Waals surface area (Å²) in [5, 5.41) is 21.4. The van der Waals surface area contributed by atoms with Crippen molar-refractivity contribution in [3.63, 3.8) is 0 Å². The van der Waals surface area contributed by atoms with Crippen LogP contribution in [0.2, 0.25) is 0 Å². The van der Waals surface area contributed by atoms with Gasteiger partial charge < -0.3 is 25.3 Å². The molecule has 5 N–H and O–H groups in total. The maximum Gasteiger partial charge on any atom is 0.353 e. The summed E-state index contributed by atoms with van der Waals surface area (Å²) in [5.74, 6) is -1.41. The second-order valence-electron chi connectivity index (χ2n) is 5.89. The standard InChI is InChI=1S/C16H26NO6P/c1-12-11-13(6-8-14(12)18)7-9-15(19)17-10-4-2-3-5-16(20)24(21,22)23/h6,8,11,16,18,20H,2-5,7,9-10H2,1H3,(H,17,19)(H2,21,22,23). The first-order valence-corrected chi connectivity index (χ1v) is 9.67. The van der Waals surface area contributed by atoms with E-state index in [2.05, 4.69) is 5.32 Å². The number of phenolic OH excluding ortho intramolecular Hbond substituents is 1. The highest BCUT2D eigenvalue weighted by Gasteiger charge is 2.25. The molecule has 136 valence electrons. The van der Waals surface area contributed by atoms with Gasteiger partial charge in [0, 0.05) is 13.0 Å². The van der Waals surface area contributed by atoms with Crippen LogP contribution in [0.25, 0.3) is 0 Å². The quantitative estimate of drug-likeness (QED) is 0.320. The first-order chi connectivity index (χ1) is 11.2. The van der Waals surface area contributed by atoms with E-state index in [1.54, 1.807) is 12.1 Å². The van der Waals surface area contributed by atoms with Crippen LogP contribution in [0.1, 0.15) is 43.2 Å². The minimum Gasteiger partial charge on any atom is -0.508 e. The number of aryl methyl sites for hydroxylation is 2. The first-order valence-electron chi connectivity index (χ1n) is 7.98. The molecule has 0 bridgehead atoms. The molecule has 1 aromatic carbocycles. The molecule has 0 aromatic heterocycles. The fraction of sp³-hybridized carbons (Fsp3) is 0.562. The molecule has 7 nitrogen and oxygen atoms in total. The molecule has 1 unspecified atom stereocenters. The molecule has 0 spiro atoms. The normalized spacial score (nSPS) is 12.8. The second kappa shape index (κ2) is 9.79. The highest BCUT2D eigenvalue weighted by Crippen LogP contribution is 2.41. The summed E-state index contributed by atoms with van der Waals surface area (Å²) >= 11 is 0. The Morgan fingerprint density at radius 1 is 1.25 bits per heavy atom. The zero-order valence-electron chi connectivity index (χ0n) is 13.8. The summed E-state index contributed by atoms with van der Waals surface area (Å²) in [7, 11) is -4.40. The van der Waals surface area contributed by atoms with Gasteiger partial charge >= 0.3 is 7.60 Å². The van der Waals surface area contributed by atoms with Crippen molar-refractivity contribution in [3.05, 3.63) is 29.3 Å². The minimum atomic E-state index is -4.40. The molecule has 0 fully saturated rings. The molecule has 0 aliphatic heterocycles. The molecular weight excluding hydrogens is 333 g/mol. The zero-order valence-corrected chi connectivity index (χ0v) is 14.7. The van der Waals surface area contributed by atoms with Crippen LogP contribution in [-0.4, -0.2) is 38.3 Å². The predicted molar refractivity (Wildman–Crippen MR) is 90.7 cm³/mol. The Kier molecular flexibility index (Phi) is 8.42. The summed E-state index contributed by atoms with van der Waals surface area (Å²) in [6.45, 7) is 2.31. The SMILES string of the molecule is Cc1cc(CCC(=O)NCCCCCC(O)P(=O)(O)O)ccc1O. The van der Waals surface area contributed by atoms with E-state index in [0.717, 1.165) is 11.1 Å². The fourth-order valence-corrected chi connectivity index (χ4v) is 2.76. The van der Waals surface area contributed by atoms with E-state index >= 15 is 0 Å². The number of carbonyl (C=O) groups excluding carboxylic acids is 1. The van der Waals surface area contributed by atoms with Gasteiger partial charge in [-0.2, -0.15) is 0 Å². The second-order valence-corrected chi connectivity index (χ2v) is 7.66. The van der Waals surface area contributed by atoms with Crippen molar-refractivity contribution in [2.24, 2.45) is 0 Å². The molecule has 0 aliphatic rings. The van der Waals surface area contributed by atoms with Crippen LogP contribution in [0, 0.1) is 6.92 Å². The van der Waals surface area contributed by atoms with E-state index in [9.17, 15) is 19.6 Å². The topological polar surface area (TPSA) is 127 Å². The van der Waals surface area contributed by atoms with E-state index in [4.69, 9.17) is 9.79 Å². The summed E-state index contributed by atoms with van der Waals surface area (Å²) in [4.78, 5) is 29.2. The molecule has 0 saturated heterocycles. The highest BCUT2D eigenvalue weighted by atomic mass is 31.2. The third-order valence-electron chi connectivity index (χ3n) is 3.75. The van der Waals surface area contributed by atoms with Gasteiger partial charge in [-0.3, -0.25) is 9.36 Å². The van der Waals surface area contributed by atoms with Gasteiger partial charge in [0.05, 0.1) is 0 Å². The van der Waals surface area contributed by atoms with Crippen LogP contribution in [0.4, 0.5) is 0 Å². The number of aromatic hydroxyl groups is 1. The van der Waals surface area contributed by atoms with Crippen molar-refractivity contribution in [2.75, 3.05) is 6.54 Å². The monoisotopic (exact) mass is 359 g/mol. The molecule has 0 heterocycles. The van der Waals surface area contributed by atoms with Crippen LogP contribution < -0.4 is 5.32 Å². The molecular formula is C16H26NO6P.